The lowest BCUT2D eigenvalue weighted by Crippen LogP contribution is -2.32. The van der Waals surface area contributed by atoms with Crippen LogP contribution >= 0.6 is 0 Å². The van der Waals surface area contributed by atoms with Crippen LogP contribution < -0.4 is 0 Å². The summed E-state index contributed by atoms with van der Waals surface area (Å²) in [5.74, 6) is 2.79. The maximum absolute atomic E-state index is 12.8. The molecule has 0 nitrogen and oxygen atoms in total. The molecule has 0 aromatic carbocycles. The number of rotatable bonds is 3. The van der Waals surface area contributed by atoms with Crippen LogP contribution in [0, 0.1) is 35.5 Å². The molecule has 3 aliphatic carbocycles. The molecule has 0 aromatic heterocycles. The van der Waals surface area contributed by atoms with Gasteiger partial charge in [0.2, 0.25) is 0 Å². The topological polar surface area (TPSA) is 0 Å². The molecule has 0 heterocycles. The number of hydrogen-bond donors (Lipinski definition) is 0. The summed E-state index contributed by atoms with van der Waals surface area (Å²) in [4.78, 5) is 0. The smallest absolute Gasteiger partial charge is 0.171 e. The van der Waals surface area contributed by atoms with Crippen molar-refractivity contribution in [2.45, 2.75) is 83.2 Å². The van der Waals surface area contributed by atoms with Crippen molar-refractivity contribution in [1.29, 1.82) is 0 Å². The van der Waals surface area contributed by atoms with Gasteiger partial charge in [-0.15, -0.1) is 6.58 Å². The van der Waals surface area contributed by atoms with Gasteiger partial charge in [0.1, 0.15) is 0 Å². The maximum atomic E-state index is 12.8. The molecule has 0 radical (unpaired) electrons. The minimum absolute atomic E-state index is 0.375. The maximum Gasteiger partial charge on any atom is 0.391 e. The van der Waals surface area contributed by atoms with E-state index in [1.807, 2.05) is 0 Å². The number of alkyl halides is 3. The summed E-state index contributed by atoms with van der Waals surface area (Å²) >= 11 is 0. The second-order valence-corrected chi connectivity index (χ2v) is 8.74. The molecular formula is C21H33F3. The Morgan fingerprint density at radius 2 is 0.917 bits per heavy atom. The fraction of sp³-hybridized carbons (Fsp3) is 0.905. The van der Waals surface area contributed by atoms with Gasteiger partial charge in [0, 0.05) is 0 Å². The van der Waals surface area contributed by atoms with E-state index >= 15 is 0 Å². The summed E-state index contributed by atoms with van der Waals surface area (Å²) in [5, 5.41) is 0. The number of hydrogen-bond acceptors (Lipinski definition) is 0. The third-order valence-corrected chi connectivity index (χ3v) is 7.53. The quantitative estimate of drug-likeness (QED) is 0.478. The second kappa shape index (κ2) is 7.83. The first-order valence-corrected chi connectivity index (χ1v) is 10.2. The Kier molecular flexibility index (Phi) is 5.98. The normalized spacial score (nSPS) is 41.8. The van der Waals surface area contributed by atoms with Crippen LogP contribution in [0.2, 0.25) is 0 Å². The minimum Gasteiger partial charge on any atom is -0.171 e. The van der Waals surface area contributed by atoms with Gasteiger partial charge in [0.25, 0.3) is 0 Å². The van der Waals surface area contributed by atoms with Gasteiger partial charge >= 0.3 is 6.18 Å². The van der Waals surface area contributed by atoms with Gasteiger partial charge < -0.3 is 0 Å². The van der Waals surface area contributed by atoms with E-state index in [-0.39, 0.29) is 0 Å². The fourth-order valence-corrected chi connectivity index (χ4v) is 5.86. The molecule has 0 aliphatic heterocycles. The predicted molar refractivity (Wildman–Crippen MR) is 92.6 cm³/mol. The zero-order chi connectivity index (χ0) is 17.2. The van der Waals surface area contributed by atoms with Crippen molar-refractivity contribution in [3.05, 3.63) is 12.7 Å². The summed E-state index contributed by atoms with van der Waals surface area (Å²) in [6, 6.07) is 0. The van der Waals surface area contributed by atoms with E-state index < -0.39 is 12.1 Å². The molecule has 3 rings (SSSR count). The summed E-state index contributed by atoms with van der Waals surface area (Å²) in [6.07, 6.45) is 11.1. The molecule has 3 heteroatoms. The first-order valence-electron chi connectivity index (χ1n) is 10.2. The number of halogens is 3. The van der Waals surface area contributed by atoms with Gasteiger partial charge in [-0.3, -0.25) is 0 Å². The first-order chi connectivity index (χ1) is 11.5. The van der Waals surface area contributed by atoms with Crippen LogP contribution in [0.4, 0.5) is 13.2 Å². The summed E-state index contributed by atoms with van der Waals surface area (Å²) in [7, 11) is 0. The Bertz CT molecular complexity index is 390. The average Bonchev–Trinajstić information content (AvgIpc) is 2.61. The molecule has 3 saturated carbocycles. The van der Waals surface area contributed by atoms with Crippen molar-refractivity contribution in [3.63, 3.8) is 0 Å². The highest BCUT2D eigenvalue weighted by Gasteiger charge is 2.43. The van der Waals surface area contributed by atoms with E-state index in [2.05, 4.69) is 12.7 Å². The van der Waals surface area contributed by atoms with Crippen LogP contribution in [0.15, 0.2) is 12.7 Å². The van der Waals surface area contributed by atoms with Gasteiger partial charge in [-0.1, -0.05) is 6.08 Å². The molecule has 138 valence electrons. The van der Waals surface area contributed by atoms with Crippen molar-refractivity contribution in [2.24, 2.45) is 35.5 Å². The van der Waals surface area contributed by atoms with Crippen LogP contribution in [0.3, 0.4) is 0 Å². The van der Waals surface area contributed by atoms with Crippen LogP contribution in [-0.4, -0.2) is 6.18 Å². The molecule has 0 saturated heterocycles. The summed E-state index contributed by atoms with van der Waals surface area (Å²) in [5.41, 5.74) is 0. The Morgan fingerprint density at radius 3 is 1.25 bits per heavy atom. The van der Waals surface area contributed by atoms with E-state index in [0.29, 0.717) is 24.7 Å². The highest BCUT2D eigenvalue weighted by Crippen LogP contribution is 2.47. The van der Waals surface area contributed by atoms with Crippen molar-refractivity contribution in [3.8, 4) is 0 Å². The van der Waals surface area contributed by atoms with Crippen molar-refractivity contribution in [2.75, 3.05) is 0 Å². The highest BCUT2D eigenvalue weighted by atomic mass is 19.4. The Morgan fingerprint density at radius 1 is 0.583 bits per heavy atom. The predicted octanol–water partition coefficient (Wildman–Crippen LogP) is 7.15. The van der Waals surface area contributed by atoms with Crippen molar-refractivity contribution < 1.29 is 13.2 Å². The average molecular weight is 342 g/mol. The first kappa shape index (κ1) is 18.3. The van der Waals surface area contributed by atoms with E-state index in [0.717, 1.165) is 30.6 Å². The lowest BCUT2D eigenvalue weighted by atomic mass is 9.65. The zero-order valence-corrected chi connectivity index (χ0v) is 14.9. The van der Waals surface area contributed by atoms with Gasteiger partial charge in [0.05, 0.1) is 5.92 Å². The molecule has 0 amide bonds. The lowest BCUT2D eigenvalue weighted by Gasteiger charge is -2.41. The van der Waals surface area contributed by atoms with Gasteiger partial charge in [0.15, 0.2) is 0 Å². The molecule has 0 N–H and O–H groups in total. The van der Waals surface area contributed by atoms with E-state index in [1.54, 1.807) is 0 Å². The van der Waals surface area contributed by atoms with Crippen molar-refractivity contribution >= 4 is 0 Å². The van der Waals surface area contributed by atoms with Gasteiger partial charge in [-0.25, -0.2) is 0 Å². The molecule has 3 aliphatic rings. The van der Waals surface area contributed by atoms with E-state index in [9.17, 15) is 13.2 Å². The molecule has 0 unspecified atom stereocenters. The minimum atomic E-state index is -3.97. The summed E-state index contributed by atoms with van der Waals surface area (Å²) in [6.45, 7) is 3.93. The van der Waals surface area contributed by atoms with Crippen LogP contribution in [0.5, 0.6) is 0 Å². The highest BCUT2D eigenvalue weighted by molar-refractivity contribution is 4.89. The molecule has 0 spiro atoms. The third kappa shape index (κ3) is 4.38. The largest absolute Gasteiger partial charge is 0.391 e. The molecule has 0 aromatic rings. The SMILES string of the molecule is C=CC1CCC(C2CCC(C3CCC(C(F)(F)F)CC3)CC2)CC1. The monoisotopic (exact) mass is 342 g/mol. The lowest BCUT2D eigenvalue weighted by molar-refractivity contribution is -0.185. The van der Waals surface area contributed by atoms with E-state index in [4.69, 9.17) is 0 Å². The zero-order valence-electron chi connectivity index (χ0n) is 14.9. The van der Waals surface area contributed by atoms with Gasteiger partial charge in [-0.2, -0.15) is 13.2 Å². The molecule has 0 atom stereocenters. The molecule has 3 fully saturated rings. The number of allylic oxidation sites excluding steroid dienone is 1. The molecule has 0 bridgehead atoms. The standard InChI is InChI=1S/C21H33F3/c1-2-15-3-5-16(6-4-15)17-7-9-18(10-8-17)19-11-13-20(14-12-19)21(22,23)24/h2,15-20H,1,3-14H2. The van der Waals surface area contributed by atoms with Crippen LogP contribution in [0.1, 0.15) is 77.0 Å². The fourth-order valence-electron chi connectivity index (χ4n) is 5.86. The molecule has 24 heavy (non-hydrogen) atoms. The van der Waals surface area contributed by atoms with E-state index in [1.165, 1.54) is 51.4 Å². The van der Waals surface area contributed by atoms with Crippen molar-refractivity contribution in [1.82, 2.24) is 0 Å². The molecular weight excluding hydrogens is 309 g/mol. The Labute approximate surface area is 145 Å². The Hall–Kier alpha value is -0.470. The third-order valence-electron chi connectivity index (χ3n) is 7.53. The second-order valence-electron chi connectivity index (χ2n) is 8.74. The Balaban J connectivity index is 1.41. The summed E-state index contributed by atoms with van der Waals surface area (Å²) < 4.78 is 38.4. The van der Waals surface area contributed by atoms with Gasteiger partial charge in [-0.05, 0) is 107 Å². The van der Waals surface area contributed by atoms with Crippen LogP contribution in [-0.2, 0) is 0 Å². The van der Waals surface area contributed by atoms with Crippen LogP contribution in [0.25, 0.3) is 0 Å².